The van der Waals surface area contributed by atoms with Gasteiger partial charge in [0.1, 0.15) is 6.04 Å². The summed E-state index contributed by atoms with van der Waals surface area (Å²) < 4.78 is 0. The summed E-state index contributed by atoms with van der Waals surface area (Å²) in [5, 5.41) is 9.47. The largest absolute Gasteiger partial charge is 0.322 e. The van der Waals surface area contributed by atoms with Crippen LogP contribution in [0.1, 0.15) is 61.0 Å². The number of hydrogen-bond donors (Lipinski definition) is 3. The van der Waals surface area contributed by atoms with Gasteiger partial charge >= 0.3 is 0 Å². The number of fused-ring (bicyclic) bond motifs is 1. The van der Waals surface area contributed by atoms with Crippen molar-refractivity contribution in [1.29, 1.82) is 0 Å². The SMILES string of the molecule is CC(C)(CNCc1ccc2c(c1)C(=O)N(C1CCC(=O)NC1=O)C2)C1CCCN1. The van der Waals surface area contributed by atoms with Crippen LogP contribution in [-0.2, 0) is 22.7 Å². The van der Waals surface area contributed by atoms with Crippen molar-refractivity contribution in [2.24, 2.45) is 5.41 Å². The van der Waals surface area contributed by atoms with E-state index in [1.165, 1.54) is 12.8 Å². The molecule has 1 aromatic carbocycles. The van der Waals surface area contributed by atoms with Gasteiger partial charge in [-0.3, -0.25) is 19.7 Å². The molecule has 2 unspecified atom stereocenters. The quantitative estimate of drug-likeness (QED) is 0.629. The Labute approximate surface area is 171 Å². The summed E-state index contributed by atoms with van der Waals surface area (Å²) in [7, 11) is 0. The number of piperidine rings is 1. The molecule has 2 atom stereocenters. The highest BCUT2D eigenvalue weighted by atomic mass is 16.2. The molecule has 4 rings (SSSR count). The van der Waals surface area contributed by atoms with Gasteiger partial charge in [0.2, 0.25) is 11.8 Å². The summed E-state index contributed by atoms with van der Waals surface area (Å²) in [6, 6.07) is 5.96. The van der Waals surface area contributed by atoms with Crippen LogP contribution >= 0.6 is 0 Å². The lowest BCUT2D eigenvalue weighted by atomic mass is 9.83. The van der Waals surface area contributed by atoms with Gasteiger partial charge in [0.25, 0.3) is 5.91 Å². The summed E-state index contributed by atoms with van der Waals surface area (Å²) in [5.41, 5.74) is 2.85. The highest BCUT2D eigenvalue weighted by Gasteiger charge is 2.39. The average Bonchev–Trinajstić information content (AvgIpc) is 3.32. The Balaban J connectivity index is 1.38. The summed E-state index contributed by atoms with van der Waals surface area (Å²) in [6.07, 6.45) is 3.13. The number of nitrogens with zero attached hydrogens (tertiary/aromatic N) is 1. The van der Waals surface area contributed by atoms with Gasteiger partial charge in [-0.15, -0.1) is 0 Å². The molecule has 3 N–H and O–H groups in total. The number of nitrogens with one attached hydrogen (secondary N) is 3. The number of carbonyl (C=O) groups is 3. The average molecular weight is 399 g/mol. The summed E-state index contributed by atoms with van der Waals surface area (Å²) in [4.78, 5) is 38.1. The van der Waals surface area contributed by atoms with Crippen molar-refractivity contribution >= 4 is 17.7 Å². The highest BCUT2D eigenvalue weighted by molar-refractivity contribution is 6.05. The van der Waals surface area contributed by atoms with E-state index in [9.17, 15) is 14.4 Å². The van der Waals surface area contributed by atoms with E-state index in [0.29, 0.717) is 31.1 Å². The zero-order chi connectivity index (χ0) is 20.6. The zero-order valence-corrected chi connectivity index (χ0v) is 17.2. The summed E-state index contributed by atoms with van der Waals surface area (Å²) in [5.74, 6) is -0.751. The number of rotatable bonds is 6. The Kier molecular flexibility index (Phi) is 5.44. The van der Waals surface area contributed by atoms with Crippen LogP contribution in [0.5, 0.6) is 0 Å². The van der Waals surface area contributed by atoms with Gasteiger partial charge in [-0.05, 0) is 48.4 Å². The van der Waals surface area contributed by atoms with Crippen molar-refractivity contribution in [3.63, 3.8) is 0 Å². The third kappa shape index (κ3) is 4.07. The van der Waals surface area contributed by atoms with E-state index in [1.807, 2.05) is 18.2 Å². The van der Waals surface area contributed by atoms with Crippen molar-refractivity contribution in [2.45, 2.75) is 64.7 Å². The van der Waals surface area contributed by atoms with E-state index in [4.69, 9.17) is 0 Å². The molecule has 0 bridgehead atoms. The fourth-order valence-corrected chi connectivity index (χ4v) is 4.72. The lowest BCUT2D eigenvalue weighted by molar-refractivity contribution is -0.136. The van der Waals surface area contributed by atoms with Crippen molar-refractivity contribution in [2.75, 3.05) is 13.1 Å². The Morgan fingerprint density at radius 2 is 2.03 bits per heavy atom. The minimum atomic E-state index is -0.561. The maximum absolute atomic E-state index is 12.9. The summed E-state index contributed by atoms with van der Waals surface area (Å²) >= 11 is 0. The lowest BCUT2D eigenvalue weighted by Gasteiger charge is -2.32. The first-order valence-corrected chi connectivity index (χ1v) is 10.6. The van der Waals surface area contributed by atoms with Crippen molar-refractivity contribution in [3.05, 3.63) is 34.9 Å². The molecule has 2 saturated heterocycles. The molecule has 29 heavy (non-hydrogen) atoms. The van der Waals surface area contributed by atoms with E-state index in [-0.39, 0.29) is 29.6 Å². The van der Waals surface area contributed by atoms with Gasteiger partial charge in [-0.1, -0.05) is 26.0 Å². The second-order valence-electron chi connectivity index (χ2n) is 9.13. The minimum Gasteiger partial charge on any atom is -0.322 e. The van der Waals surface area contributed by atoms with Crippen LogP contribution in [0.25, 0.3) is 0 Å². The molecule has 0 radical (unpaired) electrons. The van der Waals surface area contributed by atoms with Crippen molar-refractivity contribution < 1.29 is 14.4 Å². The number of carbonyl (C=O) groups excluding carboxylic acids is 3. The maximum atomic E-state index is 12.9. The predicted octanol–water partition coefficient (Wildman–Crippen LogP) is 1.32. The molecule has 3 heterocycles. The molecule has 3 aliphatic heterocycles. The molecule has 1 aromatic rings. The first-order valence-electron chi connectivity index (χ1n) is 10.6. The van der Waals surface area contributed by atoms with Crippen LogP contribution in [0.4, 0.5) is 0 Å². The molecule has 0 saturated carbocycles. The first kappa shape index (κ1) is 20.0. The monoisotopic (exact) mass is 398 g/mol. The van der Waals surface area contributed by atoms with E-state index < -0.39 is 6.04 Å². The minimum absolute atomic E-state index is 0.119. The van der Waals surface area contributed by atoms with Crippen LogP contribution in [-0.4, -0.2) is 47.8 Å². The van der Waals surface area contributed by atoms with Gasteiger partial charge in [-0.25, -0.2) is 0 Å². The van der Waals surface area contributed by atoms with Gasteiger partial charge in [-0.2, -0.15) is 0 Å². The molecular formula is C22H30N4O3. The molecule has 0 aromatic heterocycles. The Morgan fingerprint density at radius 3 is 2.76 bits per heavy atom. The molecule has 3 aliphatic rings. The Hall–Kier alpha value is -2.25. The van der Waals surface area contributed by atoms with E-state index >= 15 is 0 Å². The molecular weight excluding hydrogens is 368 g/mol. The van der Waals surface area contributed by atoms with Crippen molar-refractivity contribution in [1.82, 2.24) is 20.9 Å². The molecule has 3 amide bonds. The smallest absolute Gasteiger partial charge is 0.255 e. The standard InChI is InChI=1S/C22H30N4O3/c1-22(2,18-4-3-9-24-18)13-23-11-14-5-6-15-12-26(21(29)16(15)10-14)17-7-8-19(27)25-20(17)28/h5-6,10,17-18,23-24H,3-4,7-9,11-13H2,1-2H3,(H,25,27,28). The normalized spacial score (nSPS) is 24.8. The highest BCUT2D eigenvalue weighted by Crippen LogP contribution is 2.29. The van der Waals surface area contributed by atoms with Crippen LogP contribution in [0.2, 0.25) is 0 Å². The molecule has 2 fully saturated rings. The number of hydrogen-bond acceptors (Lipinski definition) is 5. The lowest BCUT2D eigenvalue weighted by Crippen LogP contribution is -2.52. The second kappa shape index (κ2) is 7.88. The van der Waals surface area contributed by atoms with Crippen LogP contribution in [0, 0.1) is 5.41 Å². The molecule has 0 spiro atoms. The van der Waals surface area contributed by atoms with Crippen LogP contribution in [0.3, 0.4) is 0 Å². The third-order valence-electron chi connectivity index (χ3n) is 6.51. The predicted molar refractivity (Wildman–Crippen MR) is 109 cm³/mol. The second-order valence-corrected chi connectivity index (χ2v) is 9.13. The fourth-order valence-electron chi connectivity index (χ4n) is 4.72. The zero-order valence-electron chi connectivity index (χ0n) is 17.2. The van der Waals surface area contributed by atoms with Gasteiger partial charge < -0.3 is 15.5 Å². The van der Waals surface area contributed by atoms with Crippen LogP contribution in [0.15, 0.2) is 18.2 Å². The van der Waals surface area contributed by atoms with E-state index in [2.05, 4.69) is 29.8 Å². The first-order chi connectivity index (χ1) is 13.8. The third-order valence-corrected chi connectivity index (χ3v) is 6.51. The molecule has 7 heteroatoms. The molecule has 156 valence electrons. The van der Waals surface area contributed by atoms with Gasteiger partial charge in [0, 0.05) is 37.7 Å². The van der Waals surface area contributed by atoms with Gasteiger partial charge in [0.05, 0.1) is 0 Å². The number of imide groups is 1. The summed E-state index contributed by atoms with van der Waals surface area (Å²) in [6.45, 7) is 7.70. The van der Waals surface area contributed by atoms with Gasteiger partial charge in [0.15, 0.2) is 0 Å². The topological polar surface area (TPSA) is 90.5 Å². The Bertz CT molecular complexity index is 829. The van der Waals surface area contributed by atoms with E-state index in [0.717, 1.165) is 24.2 Å². The van der Waals surface area contributed by atoms with E-state index in [1.54, 1.807) is 4.90 Å². The van der Waals surface area contributed by atoms with Crippen molar-refractivity contribution in [3.8, 4) is 0 Å². The maximum Gasteiger partial charge on any atom is 0.255 e. The number of benzene rings is 1. The van der Waals surface area contributed by atoms with Crippen LogP contribution < -0.4 is 16.0 Å². The molecule has 7 nitrogen and oxygen atoms in total. The Morgan fingerprint density at radius 1 is 1.21 bits per heavy atom. The number of amides is 3. The molecule has 0 aliphatic carbocycles. The fraction of sp³-hybridized carbons (Fsp3) is 0.591.